The maximum absolute atomic E-state index is 12.2. The summed E-state index contributed by atoms with van der Waals surface area (Å²) in [5, 5.41) is 8.97. The summed E-state index contributed by atoms with van der Waals surface area (Å²) >= 11 is 1.92. The van der Waals surface area contributed by atoms with Gasteiger partial charge in [0, 0.05) is 43.9 Å². The highest BCUT2D eigenvalue weighted by atomic mass is 32.2. The first kappa shape index (κ1) is 52.4. The van der Waals surface area contributed by atoms with Crippen LogP contribution in [0.25, 0.3) is 0 Å². The van der Waals surface area contributed by atoms with Crippen LogP contribution in [0.5, 0.6) is 0 Å². The van der Waals surface area contributed by atoms with Gasteiger partial charge in [0.2, 0.25) is 5.91 Å². The number of Topliss-reactive ketones (excluding diaryl/α,β-unsaturated/α-hetero) is 1. The molecule has 58 heavy (non-hydrogen) atoms. The summed E-state index contributed by atoms with van der Waals surface area (Å²) in [5.74, 6) is 1.22. The van der Waals surface area contributed by atoms with Gasteiger partial charge in [0.15, 0.2) is 0 Å². The largest absolute Gasteiger partial charge is 0.379 e. The van der Waals surface area contributed by atoms with E-state index >= 15 is 0 Å². The third kappa shape index (κ3) is 31.2. The standard InChI is InChI=1S/C39H73N3O15S/c1-40-37(44)8-10-47-12-14-49-16-18-51-20-22-53-24-26-55-28-30-57-32-31-56-29-27-54-25-23-52-21-19-50-17-15-48-13-11-46-9-4-6-34(43)5-2-3-7-36-38-35(33-58-36)41-39(45)42-38/h35-36,38H,2-33H2,1H3,(H,40,44)(H2,41,42,45). The Balaban J connectivity index is 1.13. The first-order chi connectivity index (χ1) is 28.6. The van der Waals surface area contributed by atoms with E-state index in [1.165, 1.54) is 0 Å². The van der Waals surface area contributed by atoms with E-state index in [1.54, 1.807) is 7.05 Å². The lowest BCUT2D eigenvalue weighted by Crippen LogP contribution is -2.36. The molecule has 2 fully saturated rings. The SMILES string of the molecule is CNC(=O)CCOCCOCCOCCOCCOCCOCCOCCOCCOCCOCCOCCOCCCC(=O)CCCCC1SCC2NC(=O)NC21. The van der Waals surface area contributed by atoms with Crippen molar-refractivity contribution in [2.45, 2.75) is 62.3 Å². The van der Waals surface area contributed by atoms with E-state index in [4.69, 9.17) is 56.8 Å². The minimum atomic E-state index is -0.0528. The fraction of sp³-hybridized carbons (Fsp3) is 0.923. The fourth-order valence-corrected chi connectivity index (χ4v) is 7.16. The Labute approximate surface area is 349 Å². The van der Waals surface area contributed by atoms with Gasteiger partial charge in [0.05, 0.1) is 164 Å². The Bertz CT molecular complexity index is 993. The van der Waals surface area contributed by atoms with Crippen molar-refractivity contribution < 1.29 is 71.2 Å². The van der Waals surface area contributed by atoms with Crippen LogP contribution in [0.1, 0.15) is 44.9 Å². The van der Waals surface area contributed by atoms with Crippen LogP contribution in [0, 0.1) is 0 Å². The van der Waals surface area contributed by atoms with Crippen LogP contribution in [0.3, 0.4) is 0 Å². The molecule has 18 nitrogen and oxygen atoms in total. The fourth-order valence-electron chi connectivity index (χ4n) is 5.62. The van der Waals surface area contributed by atoms with Crippen molar-refractivity contribution in [3.8, 4) is 0 Å². The molecular formula is C39H73N3O15S. The zero-order valence-corrected chi connectivity index (χ0v) is 35.7. The molecule has 2 rings (SSSR count). The molecule has 2 saturated heterocycles. The summed E-state index contributed by atoms with van der Waals surface area (Å²) in [6.07, 6.45) is 5.20. The van der Waals surface area contributed by atoms with Gasteiger partial charge < -0.3 is 72.8 Å². The molecule has 0 aromatic rings. The normalized spacial score (nSPS) is 17.4. The predicted octanol–water partition coefficient (Wildman–Crippen LogP) is 1.40. The second-order valence-electron chi connectivity index (χ2n) is 13.3. The molecule has 0 aromatic heterocycles. The number of unbranched alkanes of at least 4 members (excludes halogenated alkanes) is 1. The maximum Gasteiger partial charge on any atom is 0.315 e. The van der Waals surface area contributed by atoms with E-state index in [9.17, 15) is 14.4 Å². The molecule has 19 heteroatoms. The number of ketones is 1. The number of rotatable bonds is 45. The number of carbonyl (C=O) groups excluding carboxylic acids is 3. The Hall–Kier alpha value is -1.72. The van der Waals surface area contributed by atoms with Gasteiger partial charge in [0.1, 0.15) is 5.78 Å². The lowest BCUT2D eigenvalue weighted by atomic mass is 10.0. The number of hydrogen-bond acceptors (Lipinski definition) is 16. The van der Waals surface area contributed by atoms with Crippen molar-refractivity contribution in [2.24, 2.45) is 0 Å². The predicted molar refractivity (Wildman–Crippen MR) is 217 cm³/mol. The second-order valence-corrected chi connectivity index (χ2v) is 14.6. The molecule has 3 unspecified atom stereocenters. The van der Waals surface area contributed by atoms with E-state index in [1.807, 2.05) is 11.8 Å². The summed E-state index contributed by atoms with van der Waals surface area (Å²) in [5.41, 5.74) is 0. The molecule has 2 aliphatic heterocycles. The number of nitrogens with one attached hydrogen (secondary N) is 3. The third-order valence-corrected chi connectivity index (χ3v) is 10.2. The smallest absolute Gasteiger partial charge is 0.315 e. The molecule has 0 bridgehead atoms. The minimum Gasteiger partial charge on any atom is -0.379 e. The number of urea groups is 1. The summed E-state index contributed by atoms with van der Waals surface area (Å²) in [6.45, 7) is 11.6. The van der Waals surface area contributed by atoms with Crippen LogP contribution in [-0.2, 0) is 66.4 Å². The Morgan fingerprint density at radius 1 is 0.500 bits per heavy atom. The second kappa shape index (κ2) is 39.4. The van der Waals surface area contributed by atoms with Crippen LogP contribution in [0.15, 0.2) is 0 Å². The van der Waals surface area contributed by atoms with Crippen molar-refractivity contribution >= 4 is 29.5 Å². The zero-order valence-electron chi connectivity index (χ0n) is 34.9. The zero-order chi connectivity index (χ0) is 41.4. The molecule has 3 amide bonds. The van der Waals surface area contributed by atoms with Crippen LogP contribution in [0.4, 0.5) is 4.79 Å². The minimum absolute atomic E-state index is 0.0399. The molecule has 3 atom stereocenters. The van der Waals surface area contributed by atoms with Crippen LogP contribution < -0.4 is 16.0 Å². The van der Waals surface area contributed by atoms with Gasteiger partial charge in [0.25, 0.3) is 0 Å². The Kier molecular flexibility index (Phi) is 35.6. The number of carbonyl (C=O) groups is 3. The van der Waals surface area contributed by atoms with Gasteiger partial charge in [-0.15, -0.1) is 0 Å². The number of thioether (sulfide) groups is 1. The van der Waals surface area contributed by atoms with Crippen LogP contribution >= 0.6 is 11.8 Å². The molecule has 2 heterocycles. The highest BCUT2D eigenvalue weighted by Gasteiger charge is 2.42. The van der Waals surface area contributed by atoms with Gasteiger partial charge in [-0.05, 0) is 19.3 Å². The molecule has 3 N–H and O–H groups in total. The Morgan fingerprint density at radius 3 is 1.26 bits per heavy atom. The van der Waals surface area contributed by atoms with Crippen LogP contribution in [-0.4, -0.2) is 206 Å². The summed E-state index contributed by atoms with van der Waals surface area (Å²) in [7, 11) is 1.60. The molecule has 2 aliphatic rings. The van der Waals surface area contributed by atoms with Gasteiger partial charge in [-0.3, -0.25) is 9.59 Å². The lowest BCUT2D eigenvalue weighted by molar-refractivity contribution is -0.122. The summed E-state index contributed by atoms with van der Waals surface area (Å²) in [6, 6.07) is 0.437. The number of hydrogen-bond donors (Lipinski definition) is 3. The van der Waals surface area contributed by atoms with E-state index in [0.29, 0.717) is 189 Å². The van der Waals surface area contributed by atoms with Crippen molar-refractivity contribution in [2.75, 3.05) is 171 Å². The molecular weight excluding hydrogens is 783 g/mol. The van der Waals surface area contributed by atoms with Gasteiger partial charge in [-0.25, -0.2) is 4.79 Å². The highest BCUT2D eigenvalue weighted by Crippen LogP contribution is 2.33. The van der Waals surface area contributed by atoms with Crippen molar-refractivity contribution in [1.82, 2.24) is 16.0 Å². The van der Waals surface area contributed by atoms with E-state index in [-0.39, 0.29) is 24.0 Å². The van der Waals surface area contributed by atoms with Crippen molar-refractivity contribution in [3.05, 3.63) is 0 Å². The summed E-state index contributed by atoms with van der Waals surface area (Å²) in [4.78, 5) is 34.7. The Morgan fingerprint density at radius 2 is 0.862 bits per heavy atom. The monoisotopic (exact) mass is 855 g/mol. The van der Waals surface area contributed by atoms with E-state index < -0.39 is 0 Å². The molecule has 0 aliphatic carbocycles. The lowest BCUT2D eigenvalue weighted by Gasteiger charge is -2.16. The average molecular weight is 856 g/mol. The first-order valence-electron chi connectivity index (χ1n) is 20.9. The van der Waals surface area contributed by atoms with Gasteiger partial charge in [-0.2, -0.15) is 11.8 Å². The topological polar surface area (TPSA) is 198 Å². The van der Waals surface area contributed by atoms with Crippen LogP contribution in [0.2, 0.25) is 0 Å². The van der Waals surface area contributed by atoms with E-state index in [0.717, 1.165) is 31.4 Å². The highest BCUT2D eigenvalue weighted by molar-refractivity contribution is 8.00. The third-order valence-electron chi connectivity index (χ3n) is 8.72. The van der Waals surface area contributed by atoms with Crippen molar-refractivity contribution in [3.63, 3.8) is 0 Å². The van der Waals surface area contributed by atoms with Crippen molar-refractivity contribution in [1.29, 1.82) is 0 Å². The molecule has 0 radical (unpaired) electrons. The van der Waals surface area contributed by atoms with Gasteiger partial charge >= 0.3 is 6.03 Å². The average Bonchev–Trinajstić information content (AvgIpc) is 3.79. The quantitative estimate of drug-likeness (QED) is 0.0587. The number of ether oxygens (including phenoxy) is 12. The summed E-state index contributed by atoms with van der Waals surface area (Å²) < 4.78 is 65.7. The number of amides is 3. The maximum atomic E-state index is 12.2. The molecule has 0 saturated carbocycles. The first-order valence-corrected chi connectivity index (χ1v) is 22.0. The number of fused-ring (bicyclic) bond motifs is 1. The molecule has 0 aromatic carbocycles. The molecule has 0 spiro atoms. The molecule has 340 valence electrons. The van der Waals surface area contributed by atoms with E-state index in [2.05, 4.69) is 16.0 Å². The van der Waals surface area contributed by atoms with Gasteiger partial charge in [-0.1, -0.05) is 6.42 Å².